The maximum absolute atomic E-state index is 11.0. The molecule has 7 heteroatoms. The van der Waals surface area contributed by atoms with Crippen LogP contribution in [0.25, 0.3) is 0 Å². The van der Waals surface area contributed by atoms with Gasteiger partial charge in [-0.05, 0) is 35.2 Å². The fourth-order valence-electron chi connectivity index (χ4n) is 2.91. The summed E-state index contributed by atoms with van der Waals surface area (Å²) in [5, 5.41) is 11.0. The highest BCUT2D eigenvalue weighted by Gasteiger charge is 2.34. The minimum Gasteiger partial charge on any atom is -0.358 e. The largest absolute Gasteiger partial charge is 0.406 e. The lowest BCUT2D eigenvalue weighted by Crippen LogP contribution is -2.38. The van der Waals surface area contributed by atoms with Crippen LogP contribution >= 0.6 is 0 Å². The second kappa shape index (κ2) is 4.93. The number of aromatic nitrogens is 2. The molecule has 1 aliphatic rings. The Morgan fingerprint density at radius 3 is 3.00 bits per heavy atom. The number of anilines is 1. The van der Waals surface area contributed by atoms with Gasteiger partial charge in [-0.2, -0.15) is 0 Å². The fourth-order valence-corrected chi connectivity index (χ4v) is 2.91. The summed E-state index contributed by atoms with van der Waals surface area (Å²) in [6.45, 7) is 0.626. The maximum Gasteiger partial charge on any atom is 0.406 e. The van der Waals surface area contributed by atoms with Crippen molar-refractivity contribution < 1.29 is 4.92 Å². The second-order valence-corrected chi connectivity index (χ2v) is 4.86. The van der Waals surface area contributed by atoms with Crippen LogP contribution in [0, 0.1) is 16.0 Å². The predicted molar refractivity (Wildman–Crippen MR) is 68.4 cm³/mol. The van der Waals surface area contributed by atoms with E-state index in [1.54, 1.807) is 11.6 Å². The Morgan fingerprint density at radius 2 is 2.39 bits per heavy atom. The van der Waals surface area contributed by atoms with Gasteiger partial charge in [0.15, 0.2) is 0 Å². The third kappa shape index (κ3) is 2.05. The average Bonchev–Trinajstić information content (AvgIpc) is 2.93. The van der Waals surface area contributed by atoms with E-state index in [-0.39, 0.29) is 11.9 Å². The standard InChI is InChI=1S/C11H19N5O2/c1-14-7-13-10(16(17)18)11(14)15(2)9-5-3-4-8(9)6-12/h7-9H,3-6,12H2,1-2H3. The highest BCUT2D eigenvalue weighted by atomic mass is 16.6. The van der Waals surface area contributed by atoms with Crippen LogP contribution in [0.2, 0.25) is 0 Å². The third-order valence-electron chi connectivity index (χ3n) is 3.81. The molecule has 0 saturated heterocycles. The first-order chi connectivity index (χ1) is 8.56. The van der Waals surface area contributed by atoms with Crippen molar-refractivity contribution in [1.29, 1.82) is 0 Å². The molecule has 0 spiro atoms. The van der Waals surface area contributed by atoms with Gasteiger partial charge in [0.1, 0.15) is 0 Å². The Balaban J connectivity index is 2.30. The summed E-state index contributed by atoms with van der Waals surface area (Å²) in [7, 11) is 3.67. The van der Waals surface area contributed by atoms with E-state index < -0.39 is 4.92 Å². The van der Waals surface area contributed by atoms with Crippen molar-refractivity contribution in [3.8, 4) is 0 Å². The van der Waals surface area contributed by atoms with Crippen LogP contribution in [0.15, 0.2) is 6.33 Å². The maximum atomic E-state index is 11.0. The number of nitro groups is 1. The fraction of sp³-hybridized carbons (Fsp3) is 0.727. The van der Waals surface area contributed by atoms with E-state index in [4.69, 9.17) is 5.73 Å². The number of nitrogens with two attached hydrogens (primary N) is 1. The van der Waals surface area contributed by atoms with E-state index in [2.05, 4.69) is 4.98 Å². The smallest absolute Gasteiger partial charge is 0.358 e. The van der Waals surface area contributed by atoms with Gasteiger partial charge in [0.25, 0.3) is 0 Å². The molecule has 0 bridgehead atoms. The van der Waals surface area contributed by atoms with Gasteiger partial charge in [0.05, 0.1) is 0 Å². The highest BCUT2D eigenvalue weighted by molar-refractivity contribution is 5.55. The zero-order chi connectivity index (χ0) is 13.3. The molecule has 1 saturated carbocycles. The van der Waals surface area contributed by atoms with Crippen molar-refractivity contribution in [2.45, 2.75) is 25.3 Å². The summed E-state index contributed by atoms with van der Waals surface area (Å²) in [6.07, 6.45) is 4.73. The number of nitrogens with zero attached hydrogens (tertiary/aromatic N) is 4. The molecular formula is C11H19N5O2. The Kier molecular flexibility index (Phi) is 3.51. The number of imidazole rings is 1. The first-order valence-electron chi connectivity index (χ1n) is 6.14. The molecule has 2 atom stereocenters. The predicted octanol–water partition coefficient (Wildman–Crippen LogP) is 0.892. The lowest BCUT2D eigenvalue weighted by molar-refractivity contribution is -0.388. The van der Waals surface area contributed by atoms with Crippen molar-refractivity contribution >= 4 is 11.6 Å². The van der Waals surface area contributed by atoms with E-state index in [0.29, 0.717) is 18.3 Å². The normalized spacial score (nSPS) is 23.3. The molecule has 2 rings (SSSR count). The van der Waals surface area contributed by atoms with E-state index in [9.17, 15) is 10.1 Å². The number of rotatable bonds is 4. The van der Waals surface area contributed by atoms with Crippen molar-refractivity contribution in [2.24, 2.45) is 18.7 Å². The van der Waals surface area contributed by atoms with Gasteiger partial charge in [-0.15, -0.1) is 0 Å². The monoisotopic (exact) mass is 253 g/mol. The van der Waals surface area contributed by atoms with Crippen molar-refractivity contribution in [3.63, 3.8) is 0 Å². The Labute approximate surface area is 106 Å². The summed E-state index contributed by atoms with van der Waals surface area (Å²) in [4.78, 5) is 16.4. The zero-order valence-electron chi connectivity index (χ0n) is 10.7. The summed E-state index contributed by atoms with van der Waals surface area (Å²) in [5.41, 5.74) is 5.77. The molecule has 1 aromatic rings. The van der Waals surface area contributed by atoms with Gasteiger partial charge >= 0.3 is 5.82 Å². The van der Waals surface area contributed by atoms with E-state index in [1.807, 2.05) is 11.9 Å². The third-order valence-corrected chi connectivity index (χ3v) is 3.81. The van der Waals surface area contributed by atoms with Crippen molar-refractivity contribution in [1.82, 2.24) is 9.55 Å². The second-order valence-electron chi connectivity index (χ2n) is 4.86. The van der Waals surface area contributed by atoms with Gasteiger partial charge in [-0.25, -0.2) is 0 Å². The summed E-state index contributed by atoms with van der Waals surface area (Å²) < 4.78 is 1.70. The Morgan fingerprint density at radius 1 is 1.67 bits per heavy atom. The lowest BCUT2D eigenvalue weighted by atomic mass is 10.0. The van der Waals surface area contributed by atoms with Crippen molar-refractivity contribution in [2.75, 3.05) is 18.5 Å². The number of hydrogen-bond acceptors (Lipinski definition) is 5. The van der Waals surface area contributed by atoms with Gasteiger partial charge in [-0.3, -0.25) is 4.57 Å². The highest BCUT2D eigenvalue weighted by Crippen LogP contribution is 2.34. The van der Waals surface area contributed by atoms with E-state index in [0.717, 1.165) is 19.3 Å². The van der Waals surface area contributed by atoms with Crippen molar-refractivity contribution in [3.05, 3.63) is 16.4 Å². The zero-order valence-corrected chi connectivity index (χ0v) is 10.7. The van der Waals surface area contributed by atoms with Gasteiger partial charge < -0.3 is 20.7 Å². The number of aryl methyl sites for hydroxylation is 1. The molecule has 1 fully saturated rings. The SMILES string of the molecule is CN(c1c([N+](=O)[O-])ncn1C)C1CCCC1CN. The molecule has 0 radical (unpaired) electrons. The Hall–Kier alpha value is -1.63. The topological polar surface area (TPSA) is 90.2 Å². The molecule has 1 aromatic heterocycles. The Bertz CT molecular complexity index is 445. The minimum atomic E-state index is -0.432. The van der Waals surface area contributed by atoms with E-state index in [1.165, 1.54) is 6.33 Å². The van der Waals surface area contributed by atoms with Gasteiger partial charge in [-0.1, -0.05) is 6.42 Å². The molecule has 2 N–H and O–H groups in total. The summed E-state index contributed by atoms with van der Waals surface area (Å²) >= 11 is 0. The van der Waals surface area contributed by atoms with Crippen LogP contribution in [0.4, 0.5) is 11.6 Å². The molecule has 18 heavy (non-hydrogen) atoms. The van der Waals surface area contributed by atoms with Gasteiger partial charge in [0, 0.05) is 20.1 Å². The molecule has 0 aliphatic heterocycles. The first-order valence-corrected chi connectivity index (χ1v) is 6.14. The summed E-state index contributed by atoms with van der Waals surface area (Å²) in [6, 6.07) is 0.268. The summed E-state index contributed by atoms with van der Waals surface area (Å²) in [5.74, 6) is 0.887. The molecule has 100 valence electrons. The molecule has 0 amide bonds. The average molecular weight is 253 g/mol. The van der Waals surface area contributed by atoms with Gasteiger partial charge in [0.2, 0.25) is 12.1 Å². The van der Waals surface area contributed by atoms with Crippen LogP contribution in [0.1, 0.15) is 19.3 Å². The molecule has 0 aromatic carbocycles. The lowest BCUT2D eigenvalue weighted by Gasteiger charge is -2.30. The molecular weight excluding hydrogens is 234 g/mol. The molecule has 7 nitrogen and oxygen atoms in total. The van der Waals surface area contributed by atoms with Crippen LogP contribution < -0.4 is 10.6 Å². The minimum absolute atomic E-state index is 0.0809. The molecule has 1 aliphatic carbocycles. The van der Waals surface area contributed by atoms with Crippen LogP contribution in [0.5, 0.6) is 0 Å². The van der Waals surface area contributed by atoms with Crippen LogP contribution in [-0.2, 0) is 7.05 Å². The quantitative estimate of drug-likeness (QED) is 0.635. The van der Waals surface area contributed by atoms with Crippen LogP contribution in [0.3, 0.4) is 0 Å². The van der Waals surface area contributed by atoms with E-state index >= 15 is 0 Å². The van der Waals surface area contributed by atoms with Crippen LogP contribution in [-0.4, -0.2) is 34.1 Å². The number of hydrogen-bond donors (Lipinski definition) is 1. The molecule has 2 unspecified atom stereocenters. The first kappa shape index (κ1) is 12.8. The molecule has 1 heterocycles.